The van der Waals surface area contributed by atoms with Gasteiger partial charge in [0.15, 0.2) is 5.78 Å². The van der Waals surface area contributed by atoms with E-state index in [2.05, 4.69) is 0 Å². The third kappa shape index (κ3) is 0.898. The van der Waals surface area contributed by atoms with Gasteiger partial charge in [0.25, 0.3) is 0 Å². The highest BCUT2D eigenvalue weighted by Gasteiger charge is 2.10. The quantitative estimate of drug-likeness (QED) is 0.616. The van der Waals surface area contributed by atoms with Crippen molar-refractivity contribution in [2.75, 3.05) is 0 Å². The Balaban J connectivity index is 2.84. The molecule has 12 heavy (non-hydrogen) atoms. The van der Waals surface area contributed by atoms with E-state index in [9.17, 15) is 4.79 Å². The van der Waals surface area contributed by atoms with Crippen LogP contribution in [0.25, 0.3) is 4.83 Å². The molecule has 2 nitrogen and oxygen atoms in total. The number of hydrogen-bond donors (Lipinski definition) is 0. The van der Waals surface area contributed by atoms with Crippen molar-refractivity contribution in [2.24, 2.45) is 0 Å². The third-order valence-corrected chi connectivity index (χ3v) is 2.74. The van der Waals surface area contributed by atoms with E-state index in [1.165, 1.54) is 0 Å². The smallest absolute Gasteiger partial charge is 0.176 e. The molecule has 0 fully saturated rings. The topological polar surface area (TPSA) is 21.5 Å². The predicted octanol–water partition coefficient (Wildman–Crippen LogP) is 2.51. The summed E-state index contributed by atoms with van der Waals surface area (Å²) in [6.45, 7) is 3.57. The van der Waals surface area contributed by atoms with Crippen molar-refractivity contribution in [3.8, 4) is 0 Å². The molecule has 0 saturated carbocycles. The van der Waals surface area contributed by atoms with E-state index in [0.29, 0.717) is 0 Å². The van der Waals surface area contributed by atoms with Crippen LogP contribution in [0, 0.1) is 6.92 Å². The van der Waals surface area contributed by atoms with Crippen LogP contribution in [0.3, 0.4) is 0 Å². The van der Waals surface area contributed by atoms with Gasteiger partial charge in [0.2, 0.25) is 0 Å². The summed E-state index contributed by atoms with van der Waals surface area (Å²) < 4.78 is 1.95. The Morgan fingerprint density at radius 2 is 2.33 bits per heavy atom. The first-order valence-electron chi connectivity index (χ1n) is 3.76. The molecule has 0 radical (unpaired) electrons. The monoisotopic (exact) mass is 179 g/mol. The molecule has 0 unspecified atom stereocenters. The number of aryl methyl sites for hydroxylation is 1. The lowest BCUT2D eigenvalue weighted by atomic mass is 10.2. The van der Waals surface area contributed by atoms with Crippen LogP contribution in [-0.2, 0) is 0 Å². The molecule has 0 saturated heterocycles. The van der Waals surface area contributed by atoms with Gasteiger partial charge in [0, 0.05) is 18.5 Å². The van der Waals surface area contributed by atoms with Gasteiger partial charge in [-0.2, -0.15) is 0 Å². The molecule has 0 atom stereocenters. The van der Waals surface area contributed by atoms with Crippen LogP contribution in [-0.4, -0.2) is 10.2 Å². The summed E-state index contributed by atoms with van der Waals surface area (Å²) in [7, 11) is 0. The maximum absolute atomic E-state index is 11.2. The first kappa shape index (κ1) is 7.55. The molecule has 3 heteroatoms. The van der Waals surface area contributed by atoms with Crippen LogP contribution in [0.2, 0.25) is 0 Å². The molecular formula is C9H9NOS. The number of carbonyl (C=O) groups is 1. The van der Waals surface area contributed by atoms with Gasteiger partial charge in [-0.25, -0.2) is 0 Å². The van der Waals surface area contributed by atoms with E-state index in [4.69, 9.17) is 0 Å². The SMILES string of the molecule is CC(=O)c1c(C)cc2sccn12. The number of nitrogens with zero attached hydrogens (tertiary/aromatic N) is 1. The molecule has 62 valence electrons. The van der Waals surface area contributed by atoms with Crippen molar-refractivity contribution >= 4 is 22.0 Å². The van der Waals surface area contributed by atoms with E-state index >= 15 is 0 Å². The van der Waals surface area contributed by atoms with E-state index in [0.717, 1.165) is 16.1 Å². The van der Waals surface area contributed by atoms with Gasteiger partial charge in [0.05, 0.1) is 10.5 Å². The summed E-state index contributed by atoms with van der Waals surface area (Å²) >= 11 is 1.65. The van der Waals surface area contributed by atoms with Crippen molar-refractivity contribution in [1.29, 1.82) is 0 Å². The van der Waals surface area contributed by atoms with Gasteiger partial charge in [-0.1, -0.05) is 0 Å². The number of Topliss-reactive ketones (excluding diaryl/α,β-unsaturated/α-hetero) is 1. The summed E-state index contributed by atoms with van der Waals surface area (Å²) in [6.07, 6.45) is 1.93. The zero-order chi connectivity index (χ0) is 8.72. The first-order valence-corrected chi connectivity index (χ1v) is 4.64. The van der Waals surface area contributed by atoms with Crippen molar-refractivity contribution in [2.45, 2.75) is 13.8 Å². The second-order valence-electron chi connectivity index (χ2n) is 2.84. The van der Waals surface area contributed by atoms with Gasteiger partial charge < -0.3 is 4.40 Å². The highest BCUT2D eigenvalue weighted by atomic mass is 32.1. The van der Waals surface area contributed by atoms with Crippen LogP contribution in [0.15, 0.2) is 17.6 Å². The molecule has 0 aliphatic carbocycles. The highest BCUT2D eigenvalue weighted by Crippen LogP contribution is 2.20. The second kappa shape index (κ2) is 2.45. The Kier molecular flexibility index (Phi) is 1.54. The number of hydrogen-bond acceptors (Lipinski definition) is 2. The number of carbonyl (C=O) groups excluding carboxylic acids is 1. The number of rotatable bonds is 1. The van der Waals surface area contributed by atoms with Crippen LogP contribution < -0.4 is 0 Å². The summed E-state index contributed by atoms with van der Waals surface area (Å²) in [5.41, 5.74) is 1.88. The lowest BCUT2D eigenvalue weighted by molar-refractivity contribution is 0.101. The van der Waals surface area contributed by atoms with E-state index < -0.39 is 0 Å². The molecule has 0 aromatic carbocycles. The fourth-order valence-corrected chi connectivity index (χ4v) is 2.30. The number of aromatic nitrogens is 1. The minimum atomic E-state index is 0.130. The third-order valence-electron chi connectivity index (χ3n) is 1.92. The molecule has 0 spiro atoms. The minimum Gasteiger partial charge on any atom is -0.304 e. The van der Waals surface area contributed by atoms with Crippen molar-refractivity contribution in [1.82, 2.24) is 4.40 Å². The molecule has 2 aromatic heterocycles. The van der Waals surface area contributed by atoms with Crippen LogP contribution >= 0.6 is 11.3 Å². The molecule has 0 bridgehead atoms. The summed E-state index contributed by atoms with van der Waals surface area (Å²) in [5, 5.41) is 1.99. The van der Waals surface area contributed by atoms with Crippen molar-refractivity contribution in [3.05, 3.63) is 28.9 Å². The Morgan fingerprint density at radius 3 is 3.00 bits per heavy atom. The number of fused-ring (bicyclic) bond motifs is 1. The summed E-state index contributed by atoms with van der Waals surface area (Å²) in [5.74, 6) is 0.130. The van der Waals surface area contributed by atoms with Crippen LogP contribution in [0.1, 0.15) is 23.0 Å². The molecule has 0 amide bonds. The number of thiazole rings is 1. The molecular weight excluding hydrogens is 170 g/mol. The van der Waals surface area contributed by atoms with Crippen LogP contribution in [0.4, 0.5) is 0 Å². The fraction of sp³-hybridized carbons (Fsp3) is 0.222. The second-order valence-corrected chi connectivity index (χ2v) is 3.77. The minimum absolute atomic E-state index is 0.130. The molecule has 2 aromatic rings. The zero-order valence-electron chi connectivity index (χ0n) is 7.00. The van der Waals surface area contributed by atoms with E-state index in [1.54, 1.807) is 18.3 Å². The Labute approximate surface area is 74.4 Å². The van der Waals surface area contributed by atoms with Gasteiger partial charge in [-0.05, 0) is 18.6 Å². The largest absolute Gasteiger partial charge is 0.304 e. The zero-order valence-corrected chi connectivity index (χ0v) is 7.81. The molecule has 2 rings (SSSR count). The Bertz CT molecular complexity index is 438. The maximum Gasteiger partial charge on any atom is 0.176 e. The van der Waals surface area contributed by atoms with Gasteiger partial charge >= 0.3 is 0 Å². The molecule has 0 aliphatic rings. The standard InChI is InChI=1S/C9H9NOS/c1-6-5-8-10(3-4-12-8)9(6)7(2)11/h3-5H,1-2H3. The molecule has 0 aliphatic heterocycles. The first-order chi connectivity index (χ1) is 5.70. The van der Waals surface area contributed by atoms with Gasteiger partial charge in [-0.15, -0.1) is 11.3 Å². The van der Waals surface area contributed by atoms with Gasteiger partial charge in [0.1, 0.15) is 0 Å². The normalized spacial score (nSPS) is 10.8. The average Bonchev–Trinajstić information content (AvgIpc) is 2.44. The van der Waals surface area contributed by atoms with E-state index in [1.807, 2.05) is 29.0 Å². The highest BCUT2D eigenvalue weighted by molar-refractivity contribution is 7.15. The average molecular weight is 179 g/mol. The summed E-state index contributed by atoms with van der Waals surface area (Å²) in [6, 6.07) is 2.04. The molecule has 0 N–H and O–H groups in total. The number of ketones is 1. The maximum atomic E-state index is 11.2. The summed E-state index contributed by atoms with van der Waals surface area (Å²) in [4.78, 5) is 12.4. The Morgan fingerprint density at radius 1 is 1.58 bits per heavy atom. The van der Waals surface area contributed by atoms with Gasteiger partial charge in [-0.3, -0.25) is 4.79 Å². The van der Waals surface area contributed by atoms with Crippen molar-refractivity contribution < 1.29 is 4.79 Å². The van der Waals surface area contributed by atoms with E-state index in [-0.39, 0.29) is 5.78 Å². The van der Waals surface area contributed by atoms with Crippen molar-refractivity contribution in [3.63, 3.8) is 0 Å². The fourth-order valence-electron chi connectivity index (χ4n) is 1.47. The van der Waals surface area contributed by atoms with Crippen LogP contribution in [0.5, 0.6) is 0 Å². The lowest BCUT2D eigenvalue weighted by Gasteiger charge is -1.94. The lowest BCUT2D eigenvalue weighted by Crippen LogP contribution is -1.98. The Hall–Kier alpha value is -1.09. The molecule has 2 heterocycles. The predicted molar refractivity (Wildman–Crippen MR) is 50.0 cm³/mol.